The molecular formula is C36H48N4O11. The maximum atomic E-state index is 13.3. The van der Waals surface area contributed by atoms with Crippen molar-refractivity contribution in [1.29, 1.82) is 0 Å². The van der Waals surface area contributed by atoms with Crippen LogP contribution in [-0.2, 0) is 46.9 Å². The summed E-state index contributed by atoms with van der Waals surface area (Å²) in [6.45, 7) is 13.4. The zero-order valence-corrected chi connectivity index (χ0v) is 29.8. The SMILES string of the molecule is C=C(CC[C@]12O[C@H](c3nnn(C)n3)[C@@](O)(C(=O)O)[C@](C(=O)O)(O1)[C@H](OC(=O)/C=C/[C@@H](C)C[C@@H](C)CC)[C@H]2O)[C@@H](C(C)=O)[C@H](C)Cc1ccccc1. The van der Waals surface area contributed by atoms with Crippen molar-refractivity contribution in [3.63, 3.8) is 0 Å². The quantitative estimate of drug-likeness (QED) is 0.105. The molecule has 2 saturated heterocycles. The van der Waals surface area contributed by atoms with E-state index in [0.29, 0.717) is 17.9 Å². The first-order chi connectivity index (χ1) is 23.9. The van der Waals surface area contributed by atoms with Crippen LogP contribution in [0.2, 0.25) is 0 Å². The molecule has 0 unspecified atom stereocenters. The summed E-state index contributed by atoms with van der Waals surface area (Å²) in [4.78, 5) is 53.4. The number of benzene rings is 1. The van der Waals surface area contributed by atoms with E-state index in [4.69, 9.17) is 14.2 Å². The van der Waals surface area contributed by atoms with Gasteiger partial charge in [-0.2, -0.15) is 4.80 Å². The van der Waals surface area contributed by atoms with Crippen LogP contribution in [0, 0.1) is 23.7 Å². The van der Waals surface area contributed by atoms with Crippen molar-refractivity contribution >= 4 is 23.7 Å². The topological polar surface area (TPSA) is 220 Å². The Morgan fingerprint density at radius 2 is 1.78 bits per heavy atom. The second-order valence-electron chi connectivity index (χ2n) is 14.0. The number of rotatable bonds is 17. The Morgan fingerprint density at radius 3 is 2.33 bits per heavy atom. The van der Waals surface area contributed by atoms with Gasteiger partial charge in [0.25, 0.3) is 0 Å². The molecule has 1 aromatic heterocycles. The molecular weight excluding hydrogens is 664 g/mol. The molecule has 2 fully saturated rings. The maximum absolute atomic E-state index is 13.3. The van der Waals surface area contributed by atoms with Crippen molar-refractivity contribution < 1.29 is 53.8 Å². The number of aliphatic carboxylic acids is 2. The molecule has 15 heteroatoms. The lowest BCUT2D eigenvalue weighted by atomic mass is 9.74. The summed E-state index contributed by atoms with van der Waals surface area (Å²) in [5.74, 6) is -9.05. The van der Waals surface area contributed by atoms with E-state index >= 15 is 0 Å². The molecule has 15 nitrogen and oxygen atoms in total. The number of ether oxygens (including phenoxy) is 3. The maximum Gasteiger partial charge on any atom is 0.344 e. The van der Waals surface area contributed by atoms with Gasteiger partial charge in [-0.15, -0.1) is 10.2 Å². The van der Waals surface area contributed by atoms with Crippen molar-refractivity contribution in [2.75, 3.05) is 0 Å². The van der Waals surface area contributed by atoms with E-state index in [1.54, 1.807) is 6.08 Å². The highest BCUT2D eigenvalue weighted by atomic mass is 16.8. The van der Waals surface area contributed by atoms with Crippen molar-refractivity contribution in [3.05, 3.63) is 66.0 Å². The Labute approximate surface area is 296 Å². The highest BCUT2D eigenvalue weighted by Gasteiger charge is 2.85. The lowest BCUT2D eigenvalue weighted by Crippen LogP contribution is -2.74. The molecule has 0 spiro atoms. The van der Waals surface area contributed by atoms with Gasteiger partial charge in [0.15, 0.2) is 12.2 Å². The van der Waals surface area contributed by atoms with Crippen LogP contribution in [0.15, 0.2) is 54.6 Å². The summed E-state index contributed by atoms with van der Waals surface area (Å²) >= 11 is 0. The first-order valence-corrected chi connectivity index (χ1v) is 17.0. The number of fused-ring (bicyclic) bond motifs is 2. The van der Waals surface area contributed by atoms with Crippen LogP contribution in [0.4, 0.5) is 0 Å². The zero-order valence-electron chi connectivity index (χ0n) is 29.8. The molecule has 2 aliphatic heterocycles. The average molecular weight is 713 g/mol. The van der Waals surface area contributed by atoms with Crippen LogP contribution in [-0.4, -0.2) is 93.5 Å². The fourth-order valence-electron chi connectivity index (χ4n) is 7.33. The number of carboxylic acids is 2. The van der Waals surface area contributed by atoms with Crippen LogP contribution in [0.1, 0.15) is 77.8 Å². The number of aryl methyl sites for hydroxylation is 1. The van der Waals surface area contributed by atoms with Gasteiger partial charge in [0.05, 0.1) is 7.05 Å². The average Bonchev–Trinajstić information content (AvgIpc) is 3.59. The molecule has 2 aliphatic rings. The minimum atomic E-state index is -3.56. The molecule has 0 aliphatic carbocycles. The van der Waals surface area contributed by atoms with Gasteiger partial charge in [-0.25, -0.2) is 14.4 Å². The summed E-state index contributed by atoms with van der Waals surface area (Å²) in [7, 11) is 1.35. The molecule has 51 heavy (non-hydrogen) atoms. The van der Waals surface area contributed by atoms with Gasteiger partial charge in [-0.05, 0) is 54.7 Å². The number of tetrazole rings is 1. The summed E-state index contributed by atoms with van der Waals surface area (Å²) in [5, 5.41) is 56.5. The fraction of sp³-hybridized carbons (Fsp3) is 0.583. The predicted molar refractivity (Wildman–Crippen MR) is 180 cm³/mol. The van der Waals surface area contributed by atoms with Crippen LogP contribution < -0.4 is 0 Å². The van der Waals surface area contributed by atoms with Gasteiger partial charge in [0.1, 0.15) is 11.9 Å². The minimum Gasteiger partial charge on any atom is -0.479 e. The number of carboxylic acid groups (broad SMARTS) is 2. The molecule has 2 bridgehead atoms. The number of aliphatic hydroxyl groups is 2. The van der Waals surface area contributed by atoms with Crippen LogP contribution >= 0.6 is 0 Å². The van der Waals surface area contributed by atoms with Gasteiger partial charge in [-0.1, -0.05) is 82.7 Å². The summed E-state index contributed by atoms with van der Waals surface area (Å²) in [5.41, 5.74) is -5.50. The molecule has 3 heterocycles. The number of allylic oxidation sites excluding steroid dienone is 2. The largest absolute Gasteiger partial charge is 0.479 e. The highest BCUT2D eigenvalue weighted by Crippen LogP contribution is 2.59. The molecule has 4 N–H and O–H groups in total. The van der Waals surface area contributed by atoms with Crippen LogP contribution in [0.3, 0.4) is 0 Å². The first kappa shape index (κ1) is 39.5. The van der Waals surface area contributed by atoms with Gasteiger partial charge < -0.3 is 34.6 Å². The number of nitrogens with zero attached hydrogens (tertiary/aromatic N) is 4. The van der Waals surface area contributed by atoms with Crippen LogP contribution in [0.25, 0.3) is 0 Å². The normalized spacial score (nSPS) is 29.6. The highest BCUT2D eigenvalue weighted by molar-refractivity contribution is 5.94. The molecule has 1 aromatic carbocycles. The van der Waals surface area contributed by atoms with Crippen molar-refractivity contribution in [3.8, 4) is 0 Å². The zero-order chi connectivity index (χ0) is 37.9. The Morgan fingerprint density at radius 1 is 1.12 bits per heavy atom. The monoisotopic (exact) mass is 712 g/mol. The van der Waals surface area contributed by atoms with E-state index in [1.807, 2.05) is 51.1 Å². The Bertz CT molecular complexity index is 1650. The van der Waals surface area contributed by atoms with E-state index in [0.717, 1.165) is 29.3 Å². The molecule has 2 aromatic rings. The smallest absolute Gasteiger partial charge is 0.344 e. The summed E-state index contributed by atoms with van der Waals surface area (Å²) in [6, 6.07) is 9.53. The Kier molecular flexibility index (Phi) is 12.0. The minimum absolute atomic E-state index is 0.0767. The Balaban J connectivity index is 1.75. The van der Waals surface area contributed by atoms with E-state index < -0.39 is 71.4 Å². The van der Waals surface area contributed by atoms with Crippen molar-refractivity contribution in [2.45, 2.75) is 102 Å². The van der Waals surface area contributed by atoms with E-state index in [2.05, 4.69) is 28.9 Å². The molecule has 10 atom stereocenters. The summed E-state index contributed by atoms with van der Waals surface area (Å²) in [6.07, 6.45) is -2.34. The number of ketones is 1. The standard InChI is InChI=1S/C36H48N4O11/c1-8-20(2)18-21(3)14-15-26(42)49-29-28(43)34(17-16-22(4)27(24(6)41)23(5)19-25-12-10-9-11-13-25)50-30(31-37-39-40(7)38-31)35(48,32(44)45)36(29,51-34)33(46)47/h9-15,20-21,23,27-30,43,48H,4,8,16-19H2,1-3,5-7H3,(H,44,45)(H,46,47)/b15-14+/t20-,21+,23+,27+,28+,29+,30+,34-,35+,36-/m0/s1. The van der Waals surface area contributed by atoms with Crippen molar-refractivity contribution in [1.82, 2.24) is 20.2 Å². The van der Waals surface area contributed by atoms with Gasteiger partial charge in [0.2, 0.25) is 22.8 Å². The second-order valence-corrected chi connectivity index (χ2v) is 14.0. The number of hydrogen-bond donors (Lipinski definition) is 4. The number of carbonyl (C=O) groups excluding carboxylic acids is 2. The lowest BCUT2D eigenvalue weighted by Gasteiger charge is -2.49. The third-order valence-corrected chi connectivity index (χ3v) is 10.1. The van der Waals surface area contributed by atoms with E-state index in [1.165, 1.54) is 14.0 Å². The number of hydrogen-bond acceptors (Lipinski definition) is 12. The molecule has 0 saturated carbocycles. The van der Waals surface area contributed by atoms with Crippen LogP contribution in [0.5, 0.6) is 0 Å². The molecule has 4 rings (SSSR count). The van der Waals surface area contributed by atoms with E-state index in [9.17, 15) is 39.6 Å². The lowest BCUT2D eigenvalue weighted by molar-refractivity contribution is -0.383. The number of Topliss-reactive ketones (excluding diaryl/α,β-unsaturated/α-hetero) is 1. The second kappa shape index (κ2) is 15.5. The number of aliphatic hydroxyl groups excluding tert-OH is 1. The first-order valence-electron chi connectivity index (χ1n) is 17.0. The number of esters is 1. The fourth-order valence-corrected chi connectivity index (χ4v) is 7.33. The number of aromatic nitrogens is 4. The van der Waals surface area contributed by atoms with Crippen molar-refractivity contribution in [2.24, 2.45) is 30.7 Å². The Hall–Kier alpha value is -4.31. The predicted octanol–water partition coefficient (Wildman–Crippen LogP) is 2.97. The van der Waals surface area contributed by atoms with Gasteiger partial charge >= 0.3 is 17.9 Å². The van der Waals surface area contributed by atoms with Gasteiger partial charge in [0, 0.05) is 18.4 Å². The number of carbonyl (C=O) groups is 4. The third-order valence-electron chi connectivity index (χ3n) is 10.1. The van der Waals surface area contributed by atoms with E-state index in [-0.39, 0.29) is 24.0 Å². The molecule has 278 valence electrons. The summed E-state index contributed by atoms with van der Waals surface area (Å²) < 4.78 is 17.5. The van der Waals surface area contributed by atoms with Gasteiger partial charge in [-0.3, -0.25) is 4.79 Å². The molecule has 0 amide bonds. The molecule has 0 radical (unpaired) electrons. The third kappa shape index (κ3) is 7.52.